The number of nitrogens with zero attached hydrogens (tertiary/aromatic N) is 3. The predicted molar refractivity (Wildman–Crippen MR) is 85.6 cm³/mol. The lowest BCUT2D eigenvalue weighted by Gasteiger charge is -2.30. The van der Waals surface area contributed by atoms with Crippen molar-refractivity contribution in [2.45, 2.75) is 32.7 Å². The Hall–Kier alpha value is -1.88. The molecule has 0 amide bonds. The molecule has 1 aromatic heterocycles. The van der Waals surface area contributed by atoms with E-state index >= 15 is 0 Å². The van der Waals surface area contributed by atoms with E-state index in [1.165, 1.54) is 11.1 Å². The second-order valence-electron chi connectivity index (χ2n) is 5.85. The first kappa shape index (κ1) is 14.1. The van der Waals surface area contributed by atoms with E-state index in [0.29, 0.717) is 6.04 Å². The van der Waals surface area contributed by atoms with Crippen molar-refractivity contribution in [1.29, 1.82) is 0 Å². The number of aromatic amines is 1. The summed E-state index contributed by atoms with van der Waals surface area (Å²) in [6, 6.07) is 7.04. The molecule has 0 spiro atoms. The second-order valence-corrected chi connectivity index (χ2v) is 5.85. The Morgan fingerprint density at radius 1 is 1.24 bits per heavy atom. The summed E-state index contributed by atoms with van der Waals surface area (Å²) in [7, 11) is 2.03. The minimum absolute atomic E-state index is 0.624. The molecule has 1 saturated heterocycles. The first-order chi connectivity index (χ1) is 10.2. The number of H-pyrrole nitrogens is 1. The minimum atomic E-state index is 0.624. The van der Waals surface area contributed by atoms with E-state index in [0.717, 1.165) is 43.3 Å². The highest BCUT2D eigenvalue weighted by molar-refractivity contribution is 5.62. The molecule has 0 atom stereocenters. The zero-order chi connectivity index (χ0) is 14.8. The molecule has 0 bridgehead atoms. The monoisotopic (exact) mass is 285 g/mol. The summed E-state index contributed by atoms with van der Waals surface area (Å²) >= 11 is 0. The molecule has 0 unspecified atom stereocenters. The molecule has 2 heterocycles. The van der Waals surface area contributed by atoms with E-state index in [9.17, 15) is 0 Å². The first-order valence-electron chi connectivity index (χ1n) is 7.59. The predicted octanol–water partition coefficient (Wildman–Crippen LogP) is 2.28. The molecule has 2 N–H and O–H groups in total. The average Bonchev–Trinajstić information content (AvgIpc) is 2.99. The van der Waals surface area contributed by atoms with E-state index in [2.05, 4.69) is 52.5 Å². The van der Waals surface area contributed by atoms with Crippen LogP contribution in [0.25, 0.3) is 11.4 Å². The maximum absolute atomic E-state index is 4.70. The molecular weight excluding hydrogens is 262 g/mol. The van der Waals surface area contributed by atoms with Gasteiger partial charge in [-0.3, -0.25) is 5.10 Å². The molecule has 1 fully saturated rings. The fourth-order valence-electron chi connectivity index (χ4n) is 2.87. The van der Waals surface area contributed by atoms with Crippen LogP contribution in [0.2, 0.25) is 0 Å². The zero-order valence-electron chi connectivity index (χ0n) is 13.0. The van der Waals surface area contributed by atoms with Crippen molar-refractivity contribution in [3.05, 3.63) is 29.3 Å². The van der Waals surface area contributed by atoms with Gasteiger partial charge in [0.25, 0.3) is 0 Å². The van der Waals surface area contributed by atoms with Gasteiger partial charge < -0.3 is 10.2 Å². The van der Waals surface area contributed by atoms with E-state index in [1.54, 1.807) is 0 Å². The Bertz CT molecular complexity index is 611. The SMILES string of the molecule is CNC1CCN(c2n[nH]c(-c3cc(C)ccc3C)n2)CC1. The van der Waals surface area contributed by atoms with Crippen LogP contribution < -0.4 is 10.2 Å². The van der Waals surface area contributed by atoms with Gasteiger partial charge in [0.15, 0.2) is 5.82 Å². The van der Waals surface area contributed by atoms with Crippen LogP contribution in [0.15, 0.2) is 18.2 Å². The minimum Gasteiger partial charge on any atom is -0.339 e. The standard InChI is InChI=1S/C16H23N5/c1-11-4-5-12(2)14(10-11)15-18-16(20-19-15)21-8-6-13(17-3)7-9-21/h4-5,10,13,17H,6-9H2,1-3H3,(H,18,19,20). The normalized spacial score (nSPS) is 16.4. The molecule has 1 aliphatic rings. The van der Waals surface area contributed by atoms with Crippen molar-refractivity contribution in [2.75, 3.05) is 25.0 Å². The van der Waals surface area contributed by atoms with Crippen LogP contribution in [0.1, 0.15) is 24.0 Å². The molecule has 5 nitrogen and oxygen atoms in total. The highest BCUT2D eigenvalue weighted by Crippen LogP contribution is 2.24. The first-order valence-corrected chi connectivity index (χ1v) is 7.59. The van der Waals surface area contributed by atoms with Crippen molar-refractivity contribution >= 4 is 5.95 Å². The summed E-state index contributed by atoms with van der Waals surface area (Å²) in [5.41, 5.74) is 3.60. The number of benzene rings is 1. The van der Waals surface area contributed by atoms with Gasteiger partial charge in [0.1, 0.15) is 0 Å². The molecule has 21 heavy (non-hydrogen) atoms. The fourth-order valence-corrected chi connectivity index (χ4v) is 2.87. The van der Waals surface area contributed by atoms with Gasteiger partial charge in [-0.15, -0.1) is 5.10 Å². The van der Waals surface area contributed by atoms with Crippen LogP contribution in [0, 0.1) is 13.8 Å². The maximum Gasteiger partial charge on any atom is 0.245 e. The summed E-state index contributed by atoms with van der Waals surface area (Å²) in [4.78, 5) is 6.96. The Morgan fingerprint density at radius 2 is 2.00 bits per heavy atom. The number of rotatable bonds is 3. The second kappa shape index (κ2) is 5.85. The van der Waals surface area contributed by atoms with Gasteiger partial charge in [0.05, 0.1) is 0 Å². The van der Waals surface area contributed by atoms with Gasteiger partial charge in [0, 0.05) is 24.7 Å². The third-order valence-corrected chi connectivity index (χ3v) is 4.31. The van der Waals surface area contributed by atoms with Gasteiger partial charge in [-0.2, -0.15) is 4.98 Å². The molecular formula is C16H23N5. The maximum atomic E-state index is 4.70. The highest BCUT2D eigenvalue weighted by atomic mass is 15.4. The summed E-state index contributed by atoms with van der Waals surface area (Å²) in [5, 5.41) is 10.8. The number of hydrogen-bond acceptors (Lipinski definition) is 4. The number of nitrogens with one attached hydrogen (secondary N) is 2. The third kappa shape index (κ3) is 2.93. The van der Waals surface area contributed by atoms with Crippen LogP contribution in [0.5, 0.6) is 0 Å². The van der Waals surface area contributed by atoms with E-state index in [4.69, 9.17) is 4.98 Å². The van der Waals surface area contributed by atoms with Gasteiger partial charge in [-0.25, -0.2) is 0 Å². The van der Waals surface area contributed by atoms with E-state index < -0.39 is 0 Å². The molecule has 2 aromatic rings. The van der Waals surface area contributed by atoms with Crippen LogP contribution in [0.3, 0.4) is 0 Å². The fraction of sp³-hybridized carbons (Fsp3) is 0.500. The Kier molecular flexibility index (Phi) is 3.92. The summed E-state index contributed by atoms with van der Waals surface area (Å²) in [6.07, 6.45) is 2.29. The molecule has 1 aromatic carbocycles. The van der Waals surface area contributed by atoms with Crippen LogP contribution >= 0.6 is 0 Å². The third-order valence-electron chi connectivity index (χ3n) is 4.31. The molecule has 112 valence electrons. The van der Waals surface area contributed by atoms with E-state index in [-0.39, 0.29) is 0 Å². The van der Waals surface area contributed by atoms with Crippen molar-refractivity contribution in [3.8, 4) is 11.4 Å². The lowest BCUT2D eigenvalue weighted by atomic mass is 10.1. The summed E-state index contributed by atoms with van der Waals surface area (Å²) in [5.74, 6) is 1.68. The van der Waals surface area contributed by atoms with Crippen LogP contribution in [-0.4, -0.2) is 41.4 Å². The highest BCUT2D eigenvalue weighted by Gasteiger charge is 2.21. The van der Waals surface area contributed by atoms with Gasteiger partial charge >= 0.3 is 0 Å². The molecule has 0 aliphatic carbocycles. The number of aryl methyl sites for hydroxylation is 2. The number of hydrogen-bond donors (Lipinski definition) is 2. The number of piperidine rings is 1. The Balaban J connectivity index is 1.79. The molecule has 3 rings (SSSR count). The Labute approximate surface area is 125 Å². The largest absolute Gasteiger partial charge is 0.339 e. The summed E-state index contributed by atoms with van der Waals surface area (Å²) < 4.78 is 0. The Morgan fingerprint density at radius 3 is 2.71 bits per heavy atom. The molecule has 1 aliphatic heterocycles. The molecule has 5 heteroatoms. The quantitative estimate of drug-likeness (QED) is 0.908. The lowest BCUT2D eigenvalue weighted by molar-refractivity contribution is 0.439. The van der Waals surface area contributed by atoms with E-state index in [1.807, 2.05) is 7.05 Å². The average molecular weight is 285 g/mol. The molecule has 0 radical (unpaired) electrons. The molecule has 0 saturated carbocycles. The van der Waals surface area contributed by atoms with Crippen molar-refractivity contribution in [1.82, 2.24) is 20.5 Å². The zero-order valence-corrected chi connectivity index (χ0v) is 13.0. The number of anilines is 1. The van der Waals surface area contributed by atoms with Gasteiger partial charge in [-0.05, 0) is 45.4 Å². The van der Waals surface area contributed by atoms with Crippen LogP contribution in [-0.2, 0) is 0 Å². The summed E-state index contributed by atoms with van der Waals surface area (Å²) in [6.45, 7) is 6.23. The van der Waals surface area contributed by atoms with Crippen molar-refractivity contribution in [3.63, 3.8) is 0 Å². The van der Waals surface area contributed by atoms with Gasteiger partial charge in [0.2, 0.25) is 5.95 Å². The van der Waals surface area contributed by atoms with Crippen molar-refractivity contribution in [2.24, 2.45) is 0 Å². The van der Waals surface area contributed by atoms with Crippen molar-refractivity contribution < 1.29 is 0 Å². The number of aromatic nitrogens is 3. The lowest BCUT2D eigenvalue weighted by Crippen LogP contribution is -2.41. The van der Waals surface area contributed by atoms with Gasteiger partial charge in [-0.1, -0.05) is 17.7 Å². The topological polar surface area (TPSA) is 56.8 Å². The smallest absolute Gasteiger partial charge is 0.245 e. The van der Waals surface area contributed by atoms with Crippen LogP contribution in [0.4, 0.5) is 5.95 Å².